The van der Waals surface area contributed by atoms with E-state index < -0.39 is 12.2 Å². The fourth-order valence-corrected chi connectivity index (χ4v) is 5.04. The van der Waals surface area contributed by atoms with Crippen molar-refractivity contribution in [2.75, 3.05) is 42.7 Å². The first-order chi connectivity index (χ1) is 13.9. The molecule has 0 saturated carbocycles. The van der Waals surface area contributed by atoms with E-state index in [0.717, 1.165) is 19.3 Å². The maximum absolute atomic E-state index is 13.9. The van der Waals surface area contributed by atoms with E-state index in [9.17, 15) is 18.0 Å². The summed E-state index contributed by atoms with van der Waals surface area (Å²) in [5.41, 5.74) is -0.286. The van der Waals surface area contributed by atoms with Crippen molar-refractivity contribution in [2.45, 2.75) is 56.6 Å². The maximum atomic E-state index is 13.9. The monoisotopic (exact) mass is 414 g/mol. The molecular weight excluding hydrogens is 389 g/mol. The lowest BCUT2D eigenvalue weighted by Crippen LogP contribution is -2.54. The van der Waals surface area contributed by atoms with E-state index in [2.05, 4.69) is 4.98 Å². The Hall–Kier alpha value is -1.81. The van der Waals surface area contributed by atoms with Crippen molar-refractivity contribution in [3.8, 4) is 0 Å². The first kappa shape index (κ1) is 19.2. The van der Waals surface area contributed by atoms with E-state index >= 15 is 0 Å². The summed E-state index contributed by atoms with van der Waals surface area (Å²) < 4.78 is 53.9. The second-order valence-electron chi connectivity index (χ2n) is 8.46. The molecule has 0 aliphatic carbocycles. The molecule has 0 spiro atoms. The van der Waals surface area contributed by atoms with Crippen molar-refractivity contribution < 1.29 is 22.6 Å². The molecule has 0 amide bonds. The van der Waals surface area contributed by atoms with E-state index in [-0.39, 0.29) is 49.1 Å². The van der Waals surface area contributed by atoms with Crippen LogP contribution in [0.4, 0.5) is 24.9 Å². The number of aromatic nitrogens is 2. The van der Waals surface area contributed by atoms with Crippen molar-refractivity contribution in [2.24, 2.45) is 5.92 Å². The summed E-state index contributed by atoms with van der Waals surface area (Å²) >= 11 is 0. The average Bonchev–Trinajstić information content (AvgIpc) is 3.32. The number of hydrogen-bond acceptors (Lipinski definition) is 6. The zero-order chi connectivity index (χ0) is 20.2. The first-order valence-electron chi connectivity index (χ1n) is 10.3. The third-order valence-corrected chi connectivity index (χ3v) is 6.60. The molecule has 2 bridgehead atoms. The van der Waals surface area contributed by atoms with Crippen LogP contribution >= 0.6 is 0 Å². The summed E-state index contributed by atoms with van der Waals surface area (Å²) in [6.07, 6.45) is -2.08. The van der Waals surface area contributed by atoms with Gasteiger partial charge in [-0.2, -0.15) is 18.2 Å². The van der Waals surface area contributed by atoms with Gasteiger partial charge in [-0.1, -0.05) is 0 Å². The predicted molar refractivity (Wildman–Crippen MR) is 99.3 cm³/mol. The minimum absolute atomic E-state index is 0.0328. The Kier molecular flexibility index (Phi) is 4.73. The highest BCUT2D eigenvalue weighted by atomic mass is 19.4. The molecule has 1 aromatic heterocycles. The molecule has 3 fully saturated rings. The van der Waals surface area contributed by atoms with Gasteiger partial charge in [-0.05, 0) is 31.6 Å². The molecule has 3 atom stereocenters. The van der Waals surface area contributed by atoms with Crippen molar-refractivity contribution in [3.63, 3.8) is 0 Å². The van der Waals surface area contributed by atoms with Crippen LogP contribution in [0, 0.1) is 5.92 Å². The Balaban J connectivity index is 1.51. The minimum atomic E-state index is -4.37. The molecule has 0 radical (unpaired) electrons. The maximum Gasteiger partial charge on any atom is 0.408 e. The highest BCUT2D eigenvalue weighted by molar-refractivity contribution is 5.49. The van der Waals surface area contributed by atoms with Crippen LogP contribution in [0.25, 0.3) is 0 Å². The van der Waals surface area contributed by atoms with Crippen molar-refractivity contribution in [3.05, 3.63) is 16.4 Å². The van der Waals surface area contributed by atoms with Gasteiger partial charge in [-0.15, -0.1) is 0 Å². The largest absolute Gasteiger partial charge is 0.408 e. The quantitative estimate of drug-likeness (QED) is 0.752. The van der Waals surface area contributed by atoms with E-state index in [1.807, 2.05) is 4.90 Å². The highest BCUT2D eigenvalue weighted by Gasteiger charge is 2.48. The van der Waals surface area contributed by atoms with Crippen molar-refractivity contribution in [1.29, 1.82) is 0 Å². The molecule has 0 aromatic carbocycles. The number of anilines is 2. The second-order valence-corrected chi connectivity index (χ2v) is 8.46. The van der Waals surface area contributed by atoms with Crippen LogP contribution in [0.1, 0.15) is 25.7 Å². The zero-order valence-corrected chi connectivity index (χ0v) is 16.1. The van der Waals surface area contributed by atoms with Crippen LogP contribution in [-0.2, 0) is 16.0 Å². The Morgan fingerprint density at radius 3 is 2.66 bits per heavy atom. The Labute approximate surface area is 166 Å². The first-order valence-corrected chi connectivity index (χ1v) is 10.3. The van der Waals surface area contributed by atoms with Gasteiger partial charge in [0.25, 0.3) is 5.56 Å². The predicted octanol–water partition coefficient (Wildman–Crippen LogP) is 1.79. The van der Waals surface area contributed by atoms with Gasteiger partial charge in [0.2, 0.25) is 5.95 Å². The normalized spacial score (nSPS) is 30.1. The van der Waals surface area contributed by atoms with Gasteiger partial charge in [-0.25, -0.2) is 0 Å². The van der Waals surface area contributed by atoms with Crippen LogP contribution in [0.3, 0.4) is 0 Å². The molecule has 5 heterocycles. The standard InChI is InChI=1S/C19H25F3N4O3/c20-19(21,22)15-1-4-24-17(27)8-16(25-10-14-7-13(25)11-29-14)23-18(24)26(15)9-12-2-5-28-6-3-12/h8,12-15H,1-7,9-11H2/t13?,14-,15-/m0/s1. The Morgan fingerprint density at radius 1 is 1.21 bits per heavy atom. The summed E-state index contributed by atoms with van der Waals surface area (Å²) in [6, 6.07) is -0.0168. The van der Waals surface area contributed by atoms with Crippen LogP contribution in [-0.4, -0.2) is 66.8 Å². The number of ether oxygens (including phenoxy) is 2. The molecule has 1 aromatic rings. The van der Waals surface area contributed by atoms with Crippen LogP contribution in [0.2, 0.25) is 0 Å². The van der Waals surface area contributed by atoms with Crippen molar-refractivity contribution in [1.82, 2.24) is 9.55 Å². The molecule has 1 unspecified atom stereocenters. The molecular formula is C19H25F3N4O3. The zero-order valence-electron chi connectivity index (χ0n) is 16.1. The summed E-state index contributed by atoms with van der Waals surface area (Å²) in [5.74, 6) is 0.713. The van der Waals surface area contributed by atoms with E-state index in [4.69, 9.17) is 9.47 Å². The molecule has 0 N–H and O–H groups in total. The van der Waals surface area contributed by atoms with E-state index in [0.29, 0.717) is 32.2 Å². The Bertz CT molecular complexity index is 824. The van der Waals surface area contributed by atoms with Gasteiger partial charge in [0.05, 0.1) is 18.8 Å². The molecule has 5 rings (SSSR count). The highest BCUT2D eigenvalue weighted by Crippen LogP contribution is 2.37. The molecule has 10 heteroatoms. The summed E-state index contributed by atoms with van der Waals surface area (Å²) in [5, 5.41) is 0. The third-order valence-electron chi connectivity index (χ3n) is 6.60. The number of morpholine rings is 1. The van der Waals surface area contributed by atoms with Gasteiger partial charge < -0.3 is 19.3 Å². The van der Waals surface area contributed by atoms with Gasteiger partial charge >= 0.3 is 6.18 Å². The molecule has 29 heavy (non-hydrogen) atoms. The fourth-order valence-electron chi connectivity index (χ4n) is 5.04. The lowest BCUT2D eigenvalue weighted by molar-refractivity contribution is -0.153. The summed E-state index contributed by atoms with van der Waals surface area (Å²) in [4.78, 5) is 20.7. The van der Waals surface area contributed by atoms with Crippen LogP contribution < -0.4 is 15.4 Å². The number of alkyl halides is 3. The third kappa shape index (κ3) is 3.50. The number of hydrogen-bond donors (Lipinski definition) is 0. The molecule has 3 saturated heterocycles. The number of rotatable bonds is 3. The molecule has 4 aliphatic rings. The van der Waals surface area contributed by atoms with Crippen molar-refractivity contribution >= 4 is 11.8 Å². The van der Waals surface area contributed by atoms with Crippen LogP contribution in [0.15, 0.2) is 10.9 Å². The summed E-state index contributed by atoms with van der Waals surface area (Å²) in [7, 11) is 0. The van der Waals surface area contributed by atoms with Crippen LogP contribution in [0.5, 0.6) is 0 Å². The second kappa shape index (κ2) is 7.16. The van der Waals surface area contributed by atoms with Gasteiger partial charge in [-0.3, -0.25) is 9.36 Å². The molecule has 4 aliphatic heterocycles. The lowest BCUT2D eigenvalue weighted by atomic mass is 9.98. The van der Waals surface area contributed by atoms with E-state index in [1.54, 1.807) is 0 Å². The molecule has 160 valence electrons. The average molecular weight is 414 g/mol. The number of halogens is 3. The Morgan fingerprint density at radius 2 is 2.00 bits per heavy atom. The van der Waals surface area contributed by atoms with Gasteiger partial charge in [0.15, 0.2) is 0 Å². The van der Waals surface area contributed by atoms with Gasteiger partial charge in [0.1, 0.15) is 11.9 Å². The van der Waals surface area contributed by atoms with Gasteiger partial charge in [0, 0.05) is 38.9 Å². The minimum Gasteiger partial charge on any atom is -0.381 e. The fraction of sp³-hybridized carbons (Fsp3) is 0.789. The lowest BCUT2D eigenvalue weighted by Gasteiger charge is -2.41. The summed E-state index contributed by atoms with van der Waals surface area (Å²) in [6.45, 7) is 2.59. The van der Waals surface area contributed by atoms with E-state index in [1.165, 1.54) is 15.5 Å². The smallest absolute Gasteiger partial charge is 0.381 e. The topological polar surface area (TPSA) is 59.8 Å². The SMILES string of the molecule is O=c1cc(N2C[C@@H]3CC2CO3)nc2n1CC[C@@H](C(F)(F)F)N2CC1CCOCC1. The number of nitrogens with zero attached hydrogens (tertiary/aromatic N) is 4. The number of fused-ring (bicyclic) bond motifs is 3. The molecule has 7 nitrogen and oxygen atoms in total.